The zero-order valence-corrected chi connectivity index (χ0v) is 13.7. The maximum absolute atomic E-state index is 5.72. The van der Waals surface area contributed by atoms with Crippen LogP contribution >= 0.6 is 0 Å². The van der Waals surface area contributed by atoms with E-state index in [0.29, 0.717) is 0 Å². The molecule has 21 heavy (non-hydrogen) atoms. The maximum atomic E-state index is 5.72. The van der Waals surface area contributed by atoms with Gasteiger partial charge < -0.3 is 24.4 Å². The minimum Gasteiger partial charge on any atom is -0.385 e. The molecule has 2 fully saturated rings. The lowest BCUT2D eigenvalue weighted by Gasteiger charge is -2.34. The Bertz CT molecular complexity index is 279. The minimum atomic E-state index is 0.281. The first kappa shape index (κ1) is 17.2. The van der Waals surface area contributed by atoms with E-state index in [1.807, 2.05) is 0 Å². The van der Waals surface area contributed by atoms with Gasteiger partial charge in [0.05, 0.1) is 13.2 Å². The van der Waals surface area contributed by atoms with E-state index in [-0.39, 0.29) is 5.41 Å². The molecule has 0 radical (unpaired) electrons. The second-order valence-electron chi connectivity index (χ2n) is 6.57. The van der Waals surface area contributed by atoms with Crippen molar-refractivity contribution in [3.05, 3.63) is 0 Å². The van der Waals surface area contributed by atoms with Gasteiger partial charge in [0.25, 0.3) is 0 Å². The molecule has 1 aliphatic carbocycles. The second-order valence-corrected chi connectivity index (χ2v) is 6.57. The normalized spacial score (nSPS) is 25.9. The van der Waals surface area contributed by atoms with Crippen LogP contribution in [-0.4, -0.2) is 77.8 Å². The van der Waals surface area contributed by atoms with Gasteiger partial charge >= 0.3 is 0 Å². The molecular weight excluding hydrogens is 268 g/mol. The highest BCUT2D eigenvalue weighted by molar-refractivity contribution is 4.92. The fourth-order valence-corrected chi connectivity index (χ4v) is 3.01. The Morgan fingerprint density at radius 2 is 2.00 bits per heavy atom. The molecule has 5 heteroatoms. The first-order valence-corrected chi connectivity index (χ1v) is 8.29. The Morgan fingerprint density at radius 1 is 1.19 bits per heavy atom. The van der Waals surface area contributed by atoms with Crippen molar-refractivity contribution in [2.24, 2.45) is 5.41 Å². The lowest BCUT2D eigenvalue weighted by Crippen LogP contribution is -2.46. The van der Waals surface area contributed by atoms with Crippen molar-refractivity contribution in [3.8, 4) is 0 Å². The van der Waals surface area contributed by atoms with Crippen molar-refractivity contribution in [2.45, 2.75) is 31.7 Å². The quantitative estimate of drug-likeness (QED) is 0.547. The zero-order chi connectivity index (χ0) is 15.0. The highest BCUT2D eigenvalue weighted by Crippen LogP contribution is 2.31. The molecule has 1 unspecified atom stereocenters. The SMILES string of the molecule is COCCCN(CCOC)CC1(CNC2CC2)CCOC1. The summed E-state index contributed by atoms with van der Waals surface area (Å²) in [5, 5.41) is 3.71. The molecule has 0 bridgehead atoms. The summed E-state index contributed by atoms with van der Waals surface area (Å²) in [5.74, 6) is 0. The maximum Gasteiger partial charge on any atom is 0.0589 e. The number of nitrogens with zero attached hydrogens (tertiary/aromatic N) is 1. The summed E-state index contributed by atoms with van der Waals surface area (Å²) in [4.78, 5) is 2.52. The molecule has 1 N–H and O–H groups in total. The van der Waals surface area contributed by atoms with Crippen molar-refractivity contribution in [3.63, 3.8) is 0 Å². The third-order valence-corrected chi connectivity index (χ3v) is 4.52. The summed E-state index contributed by atoms with van der Waals surface area (Å²) >= 11 is 0. The number of hydrogen-bond acceptors (Lipinski definition) is 5. The molecule has 2 aliphatic rings. The van der Waals surface area contributed by atoms with Gasteiger partial charge in [-0.2, -0.15) is 0 Å². The number of rotatable bonds is 12. The van der Waals surface area contributed by atoms with Gasteiger partial charge in [0, 0.05) is 65.1 Å². The Kier molecular flexibility index (Phi) is 7.40. The van der Waals surface area contributed by atoms with Crippen LogP contribution in [0, 0.1) is 5.41 Å². The van der Waals surface area contributed by atoms with Gasteiger partial charge in [-0.3, -0.25) is 0 Å². The van der Waals surface area contributed by atoms with Crippen molar-refractivity contribution < 1.29 is 14.2 Å². The summed E-state index contributed by atoms with van der Waals surface area (Å²) < 4.78 is 16.2. The standard InChI is InChI=1S/C16H32N2O3/c1-19-9-3-7-18(8-11-20-2)13-16(6-10-21-14-16)12-17-15-4-5-15/h15,17H,3-14H2,1-2H3. The molecule has 1 saturated heterocycles. The molecule has 1 atom stereocenters. The smallest absolute Gasteiger partial charge is 0.0589 e. The Balaban J connectivity index is 1.82. The number of ether oxygens (including phenoxy) is 3. The molecule has 0 aromatic rings. The van der Waals surface area contributed by atoms with Crippen LogP contribution in [0.2, 0.25) is 0 Å². The molecule has 0 aromatic carbocycles. The summed E-state index contributed by atoms with van der Waals surface area (Å²) in [6, 6.07) is 0.767. The molecule has 1 aliphatic heterocycles. The van der Waals surface area contributed by atoms with E-state index in [4.69, 9.17) is 14.2 Å². The lowest BCUT2D eigenvalue weighted by atomic mass is 9.86. The molecule has 1 saturated carbocycles. The average molecular weight is 300 g/mol. The number of nitrogens with one attached hydrogen (secondary N) is 1. The highest BCUT2D eigenvalue weighted by atomic mass is 16.5. The zero-order valence-electron chi connectivity index (χ0n) is 13.7. The summed E-state index contributed by atoms with van der Waals surface area (Å²) in [6.07, 6.45) is 4.93. The topological polar surface area (TPSA) is 43.0 Å². The van der Waals surface area contributed by atoms with Crippen LogP contribution in [0.15, 0.2) is 0 Å². The van der Waals surface area contributed by atoms with Gasteiger partial charge in [0.15, 0.2) is 0 Å². The van der Waals surface area contributed by atoms with Crippen LogP contribution in [0.4, 0.5) is 0 Å². The molecule has 1 heterocycles. The van der Waals surface area contributed by atoms with Gasteiger partial charge in [-0.15, -0.1) is 0 Å². The van der Waals surface area contributed by atoms with Crippen molar-refractivity contribution in [2.75, 3.05) is 66.8 Å². The fourth-order valence-electron chi connectivity index (χ4n) is 3.01. The van der Waals surface area contributed by atoms with Crippen LogP contribution in [0.1, 0.15) is 25.7 Å². The summed E-state index contributed by atoms with van der Waals surface area (Å²) in [7, 11) is 3.54. The van der Waals surface area contributed by atoms with E-state index in [1.165, 1.54) is 19.3 Å². The molecule has 0 aromatic heterocycles. The predicted octanol–water partition coefficient (Wildman–Crippen LogP) is 1.13. The van der Waals surface area contributed by atoms with Gasteiger partial charge in [-0.05, 0) is 25.7 Å². The fraction of sp³-hybridized carbons (Fsp3) is 1.00. The predicted molar refractivity (Wildman–Crippen MR) is 83.7 cm³/mol. The third-order valence-electron chi connectivity index (χ3n) is 4.52. The Hall–Kier alpha value is -0.200. The van der Waals surface area contributed by atoms with Gasteiger partial charge in [-0.25, -0.2) is 0 Å². The first-order valence-electron chi connectivity index (χ1n) is 8.29. The largest absolute Gasteiger partial charge is 0.385 e. The van der Waals surface area contributed by atoms with Gasteiger partial charge in [0.2, 0.25) is 0 Å². The van der Waals surface area contributed by atoms with Crippen molar-refractivity contribution >= 4 is 0 Å². The van der Waals surface area contributed by atoms with Gasteiger partial charge in [-0.1, -0.05) is 0 Å². The lowest BCUT2D eigenvalue weighted by molar-refractivity contribution is 0.0801. The summed E-state index contributed by atoms with van der Waals surface area (Å²) in [6.45, 7) is 7.66. The van der Waals surface area contributed by atoms with E-state index in [2.05, 4.69) is 10.2 Å². The molecule has 124 valence electrons. The highest BCUT2D eigenvalue weighted by Gasteiger charge is 2.37. The van der Waals surface area contributed by atoms with Crippen LogP contribution < -0.4 is 5.32 Å². The third kappa shape index (κ3) is 6.20. The van der Waals surface area contributed by atoms with Crippen molar-refractivity contribution in [1.29, 1.82) is 0 Å². The molecular formula is C16H32N2O3. The van der Waals surface area contributed by atoms with E-state index in [1.54, 1.807) is 14.2 Å². The summed E-state index contributed by atoms with van der Waals surface area (Å²) in [5.41, 5.74) is 0.281. The van der Waals surface area contributed by atoms with Crippen LogP contribution in [0.3, 0.4) is 0 Å². The van der Waals surface area contributed by atoms with E-state index < -0.39 is 0 Å². The molecule has 5 nitrogen and oxygen atoms in total. The minimum absolute atomic E-state index is 0.281. The van der Waals surface area contributed by atoms with E-state index in [9.17, 15) is 0 Å². The first-order chi connectivity index (χ1) is 10.3. The molecule has 0 amide bonds. The van der Waals surface area contributed by atoms with Crippen molar-refractivity contribution in [1.82, 2.24) is 10.2 Å². The monoisotopic (exact) mass is 300 g/mol. The molecule has 0 spiro atoms. The van der Waals surface area contributed by atoms with E-state index in [0.717, 1.165) is 65.1 Å². The Labute approximate surface area is 129 Å². The Morgan fingerprint density at radius 3 is 2.62 bits per heavy atom. The molecule has 2 rings (SSSR count). The van der Waals surface area contributed by atoms with E-state index >= 15 is 0 Å². The second kappa shape index (κ2) is 9.06. The number of methoxy groups -OCH3 is 2. The van der Waals surface area contributed by atoms with Crippen LogP contribution in [0.5, 0.6) is 0 Å². The average Bonchev–Trinajstić information content (AvgIpc) is 3.22. The van der Waals surface area contributed by atoms with Crippen LogP contribution in [0.25, 0.3) is 0 Å². The number of hydrogen-bond donors (Lipinski definition) is 1. The van der Waals surface area contributed by atoms with Gasteiger partial charge in [0.1, 0.15) is 0 Å². The van der Waals surface area contributed by atoms with Crippen LogP contribution in [-0.2, 0) is 14.2 Å².